The van der Waals surface area contributed by atoms with Gasteiger partial charge in [0, 0.05) is 36.4 Å². The maximum Gasteiger partial charge on any atom is 0.331 e. The van der Waals surface area contributed by atoms with Crippen molar-refractivity contribution in [2.75, 3.05) is 0 Å². The highest BCUT2D eigenvalue weighted by Crippen LogP contribution is 2.05. The summed E-state index contributed by atoms with van der Waals surface area (Å²) in [5, 5.41) is 22.6. The number of aliphatic carboxylic acids is 2. The van der Waals surface area contributed by atoms with Crippen LogP contribution in [0.3, 0.4) is 0 Å². The van der Waals surface area contributed by atoms with Gasteiger partial charge in [-0.25, -0.2) is 9.59 Å². The molecule has 1 aromatic carbocycles. The van der Waals surface area contributed by atoms with Crippen LogP contribution in [-0.4, -0.2) is 34.0 Å². The number of amides is 2. The number of hydrogen-bond donors (Lipinski definition) is 4. The number of benzene rings is 1. The fourth-order valence-corrected chi connectivity index (χ4v) is 1.85. The molecule has 0 aliphatic heterocycles. The number of carboxylic acid groups (broad SMARTS) is 2. The molecule has 0 atom stereocenters. The summed E-state index contributed by atoms with van der Waals surface area (Å²) in [4.78, 5) is 44.6. The van der Waals surface area contributed by atoms with E-state index in [1.54, 1.807) is 24.3 Å². The average molecular weight is 360 g/mol. The van der Waals surface area contributed by atoms with E-state index in [9.17, 15) is 19.2 Å². The van der Waals surface area contributed by atoms with Gasteiger partial charge in [-0.3, -0.25) is 9.59 Å². The first-order valence-corrected chi connectivity index (χ1v) is 7.65. The third-order valence-corrected chi connectivity index (χ3v) is 3.29. The van der Waals surface area contributed by atoms with Crippen LogP contribution >= 0.6 is 0 Å². The van der Waals surface area contributed by atoms with Gasteiger partial charge in [0.2, 0.25) is 11.8 Å². The van der Waals surface area contributed by atoms with Crippen molar-refractivity contribution in [3.63, 3.8) is 0 Å². The first-order chi connectivity index (χ1) is 12.2. The molecule has 0 saturated heterocycles. The highest BCUT2D eigenvalue weighted by molar-refractivity contribution is 5.97. The number of rotatable bonds is 8. The minimum Gasteiger partial charge on any atom is -0.478 e. The molecule has 1 rings (SSSR count). The molecule has 0 fully saturated rings. The molecule has 0 bridgehead atoms. The van der Waals surface area contributed by atoms with Gasteiger partial charge in [0.15, 0.2) is 0 Å². The van der Waals surface area contributed by atoms with Crippen LogP contribution in [-0.2, 0) is 32.3 Å². The molecule has 0 spiro atoms. The monoisotopic (exact) mass is 360 g/mol. The van der Waals surface area contributed by atoms with E-state index in [4.69, 9.17) is 10.2 Å². The molecule has 0 aliphatic rings. The maximum absolute atomic E-state index is 11.6. The molecule has 138 valence electrons. The number of carbonyl (C=O) groups excluding carboxylic acids is 2. The van der Waals surface area contributed by atoms with Gasteiger partial charge in [0.05, 0.1) is 0 Å². The van der Waals surface area contributed by atoms with E-state index in [1.807, 2.05) is 0 Å². The topological polar surface area (TPSA) is 133 Å². The van der Waals surface area contributed by atoms with Crippen molar-refractivity contribution >= 4 is 23.8 Å². The number of carboxylic acids is 2. The first kappa shape index (κ1) is 20.6. The fraction of sp³-hybridized carbons (Fsp3) is 0.222. The van der Waals surface area contributed by atoms with Crippen LogP contribution in [0.15, 0.2) is 47.6 Å². The van der Waals surface area contributed by atoms with E-state index in [1.165, 1.54) is 13.8 Å². The third kappa shape index (κ3) is 7.43. The van der Waals surface area contributed by atoms with Crippen LogP contribution in [0.2, 0.25) is 0 Å². The summed E-state index contributed by atoms with van der Waals surface area (Å²) in [5.74, 6) is -3.36. The van der Waals surface area contributed by atoms with Gasteiger partial charge in [0.25, 0.3) is 0 Å². The van der Waals surface area contributed by atoms with Gasteiger partial charge in [-0.05, 0) is 25.0 Å². The first-order valence-electron chi connectivity index (χ1n) is 7.65. The van der Waals surface area contributed by atoms with Crippen molar-refractivity contribution < 1.29 is 29.4 Å². The molecule has 4 N–H and O–H groups in total. The average Bonchev–Trinajstić information content (AvgIpc) is 2.58. The molecule has 0 heterocycles. The normalized spacial score (nSPS) is 11.6. The zero-order valence-electron chi connectivity index (χ0n) is 14.4. The van der Waals surface area contributed by atoms with E-state index in [-0.39, 0.29) is 24.2 Å². The van der Waals surface area contributed by atoms with Crippen molar-refractivity contribution in [2.24, 2.45) is 0 Å². The molecule has 0 saturated carbocycles. The summed E-state index contributed by atoms with van der Waals surface area (Å²) < 4.78 is 0. The van der Waals surface area contributed by atoms with Crippen LogP contribution in [0.1, 0.15) is 25.0 Å². The number of carbonyl (C=O) groups is 4. The van der Waals surface area contributed by atoms with Gasteiger partial charge < -0.3 is 20.8 Å². The van der Waals surface area contributed by atoms with Crippen molar-refractivity contribution in [3.05, 3.63) is 58.7 Å². The molecule has 8 nitrogen and oxygen atoms in total. The van der Waals surface area contributed by atoms with E-state index in [2.05, 4.69) is 10.6 Å². The lowest BCUT2D eigenvalue weighted by Crippen LogP contribution is -2.23. The van der Waals surface area contributed by atoms with E-state index >= 15 is 0 Å². The second-order valence-corrected chi connectivity index (χ2v) is 5.52. The predicted molar refractivity (Wildman–Crippen MR) is 92.9 cm³/mol. The smallest absolute Gasteiger partial charge is 0.331 e. The summed E-state index contributed by atoms with van der Waals surface area (Å²) in [6.45, 7) is 3.04. The lowest BCUT2D eigenvalue weighted by Gasteiger charge is -2.07. The Balaban J connectivity index is 2.60. The summed E-state index contributed by atoms with van der Waals surface area (Å²) in [5.41, 5.74) is 1.40. The Morgan fingerprint density at radius 1 is 0.846 bits per heavy atom. The van der Waals surface area contributed by atoms with Crippen LogP contribution in [0.4, 0.5) is 0 Å². The number of hydrogen-bond acceptors (Lipinski definition) is 4. The van der Waals surface area contributed by atoms with Crippen LogP contribution in [0.25, 0.3) is 0 Å². The van der Waals surface area contributed by atoms with Crippen LogP contribution in [0.5, 0.6) is 0 Å². The predicted octanol–water partition coefficient (Wildman–Crippen LogP) is 0.981. The highest BCUT2D eigenvalue weighted by Gasteiger charge is 2.06. The Kier molecular flexibility index (Phi) is 7.75. The second kappa shape index (κ2) is 9.77. The Labute approximate surface area is 150 Å². The molecule has 0 unspecified atom stereocenters. The van der Waals surface area contributed by atoms with E-state index in [0.717, 1.165) is 23.3 Å². The Morgan fingerprint density at radius 3 is 1.58 bits per heavy atom. The Morgan fingerprint density at radius 2 is 1.23 bits per heavy atom. The SMILES string of the molecule is C/C(=C/C(=O)NCc1cccc(CNC(=O)/C=C(/C)C(=O)O)c1)C(=O)O. The quantitative estimate of drug-likeness (QED) is 0.511. The molecular formula is C18H20N2O6. The molecule has 1 aromatic rings. The highest BCUT2D eigenvalue weighted by atomic mass is 16.4. The Bertz CT molecular complexity index is 718. The molecule has 26 heavy (non-hydrogen) atoms. The minimum atomic E-state index is -1.16. The summed E-state index contributed by atoms with van der Waals surface area (Å²) in [6.07, 6.45) is 2.01. The summed E-state index contributed by atoms with van der Waals surface area (Å²) in [6, 6.07) is 7.06. The van der Waals surface area contributed by atoms with E-state index in [0.29, 0.717) is 0 Å². The van der Waals surface area contributed by atoms with Gasteiger partial charge in [-0.1, -0.05) is 24.3 Å². The molecular weight excluding hydrogens is 340 g/mol. The summed E-state index contributed by atoms with van der Waals surface area (Å²) in [7, 11) is 0. The molecule has 2 amide bonds. The molecule has 0 radical (unpaired) electrons. The second-order valence-electron chi connectivity index (χ2n) is 5.52. The third-order valence-electron chi connectivity index (χ3n) is 3.29. The Hall–Kier alpha value is -3.42. The fourth-order valence-electron chi connectivity index (χ4n) is 1.85. The zero-order valence-corrected chi connectivity index (χ0v) is 14.4. The van der Waals surface area contributed by atoms with E-state index < -0.39 is 23.8 Å². The van der Waals surface area contributed by atoms with Crippen molar-refractivity contribution in [1.82, 2.24) is 10.6 Å². The van der Waals surface area contributed by atoms with Crippen LogP contribution < -0.4 is 10.6 Å². The lowest BCUT2D eigenvalue weighted by molar-refractivity contribution is -0.133. The maximum atomic E-state index is 11.6. The van der Waals surface area contributed by atoms with Gasteiger partial charge in [0.1, 0.15) is 0 Å². The van der Waals surface area contributed by atoms with Crippen molar-refractivity contribution in [3.8, 4) is 0 Å². The minimum absolute atomic E-state index is 0.0660. The van der Waals surface area contributed by atoms with Gasteiger partial charge in [-0.2, -0.15) is 0 Å². The largest absolute Gasteiger partial charge is 0.478 e. The molecule has 0 aromatic heterocycles. The summed E-state index contributed by atoms with van der Waals surface area (Å²) >= 11 is 0. The zero-order chi connectivity index (χ0) is 19.7. The van der Waals surface area contributed by atoms with Gasteiger partial charge >= 0.3 is 11.9 Å². The van der Waals surface area contributed by atoms with Crippen LogP contribution in [0, 0.1) is 0 Å². The molecule has 8 heteroatoms. The van der Waals surface area contributed by atoms with Crippen molar-refractivity contribution in [2.45, 2.75) is 26.9 Å². The lowest BCUT2D eigenvalue weighted by atomic mass is 10.1. The van der Waals surface area contributed by atoms with Crippen molar-refractivity contribution in [1.29, 1.82) is 0 Å². The molecule has 0 aliphatic carbocycles. The number of nitrogens with one attached hydrogen (secondary N) is 2. The van der Waals surface area contributed by atoms with Gasteiger partial charge in [-0.15, -0.1) is 0 Å². The standard InChI is InChI=1S/C18H20N2O6/c1-11(17(23)24)6-15(21)19-9-13-4-3-5-14(8-13)10-20-16(22)7-12(2)18(25)26/h3-8H,9-10H2,1-2H3,(H,19,21)(H,20,22)(H,23,24)(H,25,26)/b11-6-,12-7-.